The normalized spacial score (nSPS) is 21.2. The van der Waals surface area contributed by atoms with E-state index in [9.17, 15) is 0 Å². The molecule has 2 aliphatic rings. The number of likely N-dealkylation sites (N-methyl/N-ethyl adjacent to an activating group) is 1. The third-order valence-electron chi connectivity index (χ3n) is 6.01. The van der Waals surface area contributed by atoms with Crippen LogP contribution in [-0.2, 0) is 0 Å². The van der Waals surface area contributed by atoms with Crippen LogP contribution in [-0.4, -0.2) is 91.8 Å². The molecule has 6 heteroatoms. The Balaban J connectivity index is 1.55. The van der Waals surface area contributed by atoms with Crippen LogP contribution < -0.4 is 10.6 Å². The number of aliphatic hydroxyl groups is 1. The van der Waals surface area contributed by atoms with Crippen molar-refractivity contribution < 1.29 is 5.11 Å². The fourth-order valence-electron chi connectivity index (χ4n) is 4.15. The molecule has 0 amide bonds. The molecule has 3 N–H and O–H groups in total. The minimum Gasteiger partial charge on any atom is -0.513 e. The molecule has 0 aromatic rings. The quantitative estimate of drug-likeness (QED) is 0.305. The minimum absolute atomic E-state index is 0.254. The summed E-state index contributed by atoms with van der Waals surface area (Å²) in [6, 6.07) is 0.677. The second kappa shape index (κ2) is 12.9. The van der Waals surface area contributed by atoms with E-state index in [0.717, 1.165) is 50.3 Å². The Morgan fingerprint density at radius 2 is 1.59 bits per heavy atom. The predicted octanol–water partition coefficient (Wildman–Crippen LogP) is 2.54. The first-order chi connectivity index (χ1) is 13.9. The molecule has 0 spiro atoms. The first-order valence-electron chi connectivity index (χ1n) is 11.3. The number of hydrogen-bond donors (Lipinski definition) is 3. The molecular weight excluding hydrogens is 362 g/mol. The van der Waals surface area contributed by atoms with Gasteiger partial charge in [0.1, 0.15) is 0 Å². The number of aliphatic hydroxyl groups excluding tert-OH is 1. The monoisotopic (exact) mass is 405 g/mol. The van der Waals surface area contributed by atoms with Crippen molar-refractivity contribution in [1.82, 2.24) is 25.3 Å². The van der Waals surface area contributed by atoms with Gasteiger partial charge in [0.05, 0.1) is 5.76 Å². The van der Waals surface area contributed by atoms with Crippen LogP contribution in [0.25, 0.3) is 0 Å². The summed E-state index contributed by atoms with van der Waals surface area (Å²) in [4.78, 5) is 7.67. The second-order valence-electron chi connectivity index (χ2n) is 8.70. The lowest BCUT2D eigenvalue weighted by atomic mass is 10.2. The molecule has 0 saturated carbocycles. The average Bonchev–Trinajstić information content (AvgIpc) is 3.10. The number of allylic oxidation sites excluding steroid dienone is 2. The van der Waals surface area contributed by atoms with Gasteiger partial charge in [-0.3, -0.25) is 9.80 Å². The fourth-order valence-corrected chi connectivity index (χ4v) is 4.15. The van der Waals surface area contributed by atoms with Gasteiger partial charge in [0, 0.05) is 76.2 Å². The topological polar surface area (TPSA) is 54.0 Å². The van der Waals surface area contributed by atoms with E-state index in [0.29, 0.717) is 12.5 Å². The van der Waals surface area contributed by atoms with Crippen LogP contribution in [0.5, 0.6) is 0 Å². The Kier molecular flexibility index (Phi) is 10.6. The Labute approximate surface area is 178 Å². The summed E-state index contributed by atoms with van der Waals surface area (Å²) in [5.41, 5.74) is 2.20. The largest absolute Gasteiger partial charge is 0.513 e. The molecule has 2 aliphatic heterocycles. The average molecular weight is 406 g/mol. The zero-order valence-electron chi connectivity index (χ0n) is 18.6. The van der Waals surface area contributed by atoms with Crippen LogP contribution in [0.1, 0.15) is 38.5 Å². The molecule has 166 valence electrons. The SMILES string of the molecule is C=C(O)CCCNC(=C)CCCNC(=C)CN1CCCC1CN1CC[14N]([12CH3])[12CH2]C1. The van der Waals surface area contributed by atoms with Crippen molar-refractivity contribution in [1.29, 1.82) is 0 Å². The zero-order chi connectivity index (χ0) is 21.1. The molecule has 2 fully saturated rings. The summed E-state index contributed by atoms with van der Waals surface area (Å²) in [5.74, 6) is 0.254. The number of piperazine rings is 1. The Morgan fingerprint density at radius 3 is 2.28 bits per heavy atom. The van der Waals surface area contributed by atoms with E-state index >= 15 is 0 Å². The first-order valence-corrected chi connectivity index (χ1v) is 11.3. The highest BCUT2D eigenvalue weighted by Gasteiger charge is 2.27. The summed E-state index contributed by atoms with van der Waals surface area (Å²) in [7, 11) is 2.22. The van der Waals surface area contributed by atoms with Gasteiger partial charge >= 0.3 is 0 Å². The summed E-state index contributed by atoms with van der Waals surface area (Å²) >= 11 is 0. The van der Waals surface area contributed by atoms with Crippen molar-refractivity contribution in [2.75, 3.05) is 66.0 Å². The maximum Gasteiger partial charge on any atom is 0.0851 e. The number of likely N-dealkylation sites (tertiary alicyclic amines) is 1. The lowest BCUT2D eigenvalue weighted by Gasteiger charge is -2.36. The molecule has 1 unspecified atom stereocenters. The van der Waals surface area contributed by atoms with Crippen LogP contribution in [0.2, 0.25) is 0 Å². The third kappa shape index (κ3) is 9.70. The Hall–Kier alpha value is -1.50. The molecule has 1 atom stereocenters. The van der Waals surface area contributed by atoms with Gasteiger partial charge in [-0.15, -0.1) is 0 Å². The Bertz CT molecular complexity index is 527. The summed E-state index contributed by atoms with van der Waals surface area (Å²) in [6.07, 6.45) is 6.15. The molecule has 2 rings (SSSR count). The number of nitrogens with zero attached hydrogens (tertiary/aromatic N) is 3. The van der Waals surface area contributed by atoms with Crippen LogP contribution in [0.15, 0.2) is 36.9 Å². The van der Waals surface area contributed by atoms with Crippen molar-refractivity contribution in [3.63, 3.8) is 0 Å². The summed E-state index contributed by atoms with van der Waals surface area (Å²) < 4.78 is 0. The highest BCUT2D eigenvalue weighted by molar-refractivity contribution is 4.99. The van der Waals surface area contributed by atoms with Gasteiger partial charge in [0.15, 0.2) is 0 Å². The van der Waals surface area contributed by atoms with E-state index in [4.69, 9.17) is 5.11 Å². The summed E-state index contributed by atoms with van der Waals surface area (Å²) in [6.45, 7) is 21.8. The number of rotatable bonds is 14. The standard InChI is InChI=1S/C23H43N5O/c1-20(24-12-6-9-22(3)29)8-5-11-25-21(2)18-28-13-7-10-23(28)19-27-16-14-26(4)15-17-27/h23-25,29H,1-3,5-19H2,4H3/i4+0,14+0,26+0. The van der Waals surface area contributed by atoms with Crippen molar-refractivity contribution in [3.8, 4) is 0 Å². The second-order valence-corrected chi connectivity index (χ2v) is 8.70. The van der Waals surface area contributed by atoms with Gasteiger partial charge in [0.2, 0.25) is 0 Å². The first kappa shape index (κ1) is 23.8. The zero-order valence-corrected chi connectivity index (χ0v) is 18.6. The van der Waals surface area contributed by atoms with Gasteiger partial charge in [-0.05, 0) is 45.7 Å². The maximum atomic E-state index is 9.08. The van der Waals surface area contributed by atoms with Crippen molar-refractivity contribution in [2.24, 2.45) is 0 Å². The molecule has 6 nitrogen and oxygen atoms in total. The molecule has 0 aromatic carbocycles. The molecular formula is C23H43N5O. The smallest absolute Gasteiger partial charge is 0.0851 e. The maximum absolute atomic E-state index is 9.08. The Morgan fingerprint density at radius 1 is 0.931 bits per heavy atom. The van der Waals surface area contributed by atoms with Crippen LogP contribution in [0.4, 0.5) is 0 Å². The van der Waals surface area contributed by atoms with E-state index in [1.807, 2.05) is 0 Å². The molecule has 0 aromatic heterocycles. The highest BCUT2D eigenvalue weighted by atomic mass is 16.3. The molecule has 29 heavy (non-hydrogen) atoms. The molecule has 0 bridgehead atoms. The van der Waals surface area contributed by atoms with Gasteiger partial charge in [-0.2, -0.15) is 0 Å². The van der Waals surface area contributed by atoms with Crippen LogP contribution >= 0.6 is 0 Å². The van der Waals surface area contributed by atoms with Gasteiger partial charge in [0.25, 0.3) is 0 Å². The fraction of sp³-hybridized carbons (Fsp3) is 0.739. The van der Waals surface area contributed by atoms with Crippen LogP contribution in [0, 0.1) is 0 Å². The predicted molar refractivity (Wildman–Crippen MR) is 123 cm³/mol. The van der Waals surface area contributed by atoms with Crippen LogP contribution in [0.3, 0.4) is 0 Å². The molecule has 0 aliphatic carbocycles. The van der Waals surface area contributed by atoms with E-state index < -0.39 is 0 Å². The minimum atomic E-state index is 0.254. The van der Waals surface area contributed by atoms with E-state index in [1.165, 1.54) is 52.1 Å². The van der Waals surface area contributed by atoms with E-state index in [-0.39, 0.29) is 5.76 Å². The van der Waals surface area contributed by atoms with E-state index in [2.05, 4.69) is 52.1 Å². The highest BCUT2D eigenvalue weighted by Crippen LogP contribution is 2.19. The van der Waals surface area contributed by atoms with Gasteiger partial charge in [-0.1, -0.05) is 19.7 Å². The lowest BCUT2D eigenvalue weighted by Crippen LogP contribution is -2.49. The molecule has 2 heterocycles. The summed E-state index contributed by atoms with van der Waals surface area (Å²) in [5, 5.41) is 15.9. The van der Waals surface area contributed by atoms with E-state index in [1.54, 1.807) is 0 Å². The third-order valence-corrected chi connectivity index (χ3v) is 6.01. The van der Waals surface area contributed by atoms with Gasteiger partial charge in [-0.25, -0.2) is 0 Å². The van der Waals surface area contributed by atoms with Crippen molar-refractivity contribution >= 4 is 0 Å². The number of hydrogen-bond acceptors (Lipinski definition) is 6. The number of nitrogens with one attached hydrogen (secondary N) is 2. The van der Waals surface area contributed by atoms with Crippen molar-refractivity contribution in [2.45, 2.75) is 44.6 Å². The molecule has 0 radical (unpaired) electrons. The lowest BCUT2D eigenvalue weighted by molar-refractivity contribution is 0.119. The van der Waals surface area contributed by atoms with Gasteiger partial charge < -0.3 is 20.6 Å². The van der Waals surface area contributed by atoms with Crippen molar-refractivity contribution in [3.05, 3.63) is 36.9 Å². The molecule has 2 saturated heterocycles.